The number of carbonyl (C=O) groups excluding carboxylic acids is 2. The maximum absolute atomic E-state index is 11.5. The molecule has 2 amide bonds. The lowest BCUT2D eigenvalue weighted by molar-refractivity contribution is 0.0987. The smallest absolute Gasteiger partial charge is 0.268 e. The van der Waals surface area contributed by atoms with Crippen LogP contribution in [0.2, 0.25) is 0 Å². The Morgan fingerprint density at radius 3 is 1.93 bits per heavy atom. The normalized spacial score (nSPS) is 15.4. The number of imidazole rings is 2. The van der Waals surface area contributed by atoms with Crippen molar-refractivity contribution in [1.82, 2.24) is 34.3 Å². The number of nitrogens with one attached hydrogen (secondary N) is 1. The Morgan fingerprint density at radius 2 is 1.44 bits per heavy atom. The number of benzene rings is 2. The summed E-state index contributed by atoms with van der Waals surface area (Å²) < 4.78 is 16.2. The molecule has 0 saturated carbocycles. The fourth-order valence-corrected chi connectivity index (χ4v) is 6.68. The Labute approximate surface area is 351 Å². The molecular formula is C43H46BrN11O4. The number of terminal acetylenes is 1. The molecule has 3 aliphatic rings. The molecule has 0 saturated heterocycles. The number of aromatic nitrogens is 7. The van der Waals surface area contributed by atoms with Gasteiger partial charge >= 0.3 is 0 Å². The fourth-order valence-electron chi connectivity index (χ4n) is 6.31. The Morgan fingerprint density at radius 1 is 0.864 bits per heavy atom. The summed E-state index contributed by atoms with van der Waals surface area (Å²) in [6.45, 7) is 14.3. The maximum Gasteiger partial charge on any atom is 0.268 e. The molecule has 304 valence electrons. The number of aryl methyl sites for hydroxylation is 1. The standard InChI is InChI=1S/C21H22N6O2.C12H10BrN3O2.C10H14N2/c1-4-21(3,20-23-13(2)25-26-20)8-7-14-5-6-17-15(11-14)19-24-16(18(22)28)12-27(19)9-10-29-17;13-7-1-2-10-8(5-7)12-15-9(11(14)17)6-16(12)3-4-18-10;1-5-10(4,6-2)9-7-8(3)11-12-9/h5-6,11-12H,4,9-10H2,1-3H3,(H2,22,28)(H,23,25,26);1-2,5-6H,3-4H2,(H2,14,17);1H,6-7H2,2-4H3. The van der Waals surface area contributed by atoms with Crippen LogP contribution in [0.15, 0.2) is 63.5 Å². The van der Waals surface area contributed by atoms with Crippen molar-refractivity contribution in [3.8, 4) is 58.5 Å². The van der Waals surface area contributed by atoms with Gasteiger partial charge in [-0.3, -0.25) is 14.7 Å². The van der Waals surface area contributed by atoms with Crippen LogP contribution in [-0.2, 0) is 18.5 Å². The number of ether oxygens (including phenoxy) is 2. The molecule has 0 aliphatic carbocycles. The highest BCUT2D eigenvalue weighted by Crippen LogP contribution is 2.35. The second-order valence-corrected chi connectivity index (χ2v) is 15.5. The zero-order valence-electron chi connectivity index (χ0n) is 33.9. The number of hydrogen-bond acceptors (Lipinski definition) is 10. The number of amides is 2. The third-order valence-corrected chi connectivity index (χ3v) is 10.8. The highest BCUT2D eigenvalue weighted by Gasteiger charge is 2.29. The van der Waals surface area contributed by atoms with Gasteiger partial charge in [-0.15, -0.1) is 6.42 Å². The van der Waals surface area contributed by atoms with E-state index in [1.54, 1.807) is 12.4 Å². The van der Waals surface area contributed by atoms with Crippen molar-refractivity contribution in [1.29, 1.82) is 0 Å². The van der Waals surface area contributed by atoms with Gasteiger partial charge in [-0.25, -0.2) is 15.0 Å². The first-order valence-electron chi connectivity index (χ1n) is 19.1. The second kappa shape index (κ2) is 17.5. The number of primary amides is 2. The van der Waals surface area contributed by atoms with Crippen LogP contribution in [0.3, 0.4) is 0 Å². The summed E-state index contributed by atoms with van der Waals surface area (Å²) in [5, 5.41) is 15.3. The summed E-state index contributed by atoms with van der Waals surface area (Å²) >= 11 is 3.42. The minimum atomic E-state index is -0.551. The van der Waals surface area contributed by atoms with Gasteiger partial charge in [0.2, 0.25) is 0 Å². The van der Waals surface area contributed by atoms with Crippen LogP contribution < -0.4 is 20.9 Å². The average molecular weight is 861 g/mol. The molecule has 0 spiro atoms. The van der Waals surface area contributed by atoms with Gasteiger partial charge in [0, 0.05) is 34.6 Å². The summed E-state index contributed by atoms with van der Waals surface area (Å²) in [4.78, 5) is 35.9. The summed E-state index contributed by atoms with van der Waals surface area (Å²) in [5.41, 5.74) is 15.1. The van der Waals surface area contributed by atoms with Gasteiger partial charge in [0.1, 0.15) is 53.6 Å². The first-order chi connectivity index (χ1) is 28.2. The number of nitrogens with zero attached hydrogens (tertiary/aromatic N) is 8. The highest BCUT2D eigenvalue weighted by atomic mass is 79.9. The van der Waals surface area contributed by atoms with Crippen molar-refractivity contribution >= 4 is 39.2 Å². The molecular weight excluding hydrogens is 814 g/mol. The van der Waals surface area contributed by atoms with Crippen molar-refractivity contribution in [2.75, 3.05) is 13.2 Å². The lowest BCUT2D eigenvalue weighted by Crippen LogP contribution is -2.24. The number of hydrogen-bond donors (Lipinski definition) is 3. The number of fused-ring (bicyclic) bond motifs is 6. The Balaban J connectivity index is 0.000000165. The second-order valence-electron chi connectivity index (χ2n) is 14.6. The SMILES string of the molecule is C#CC(C)(CC)C1=NN=C(C)C1.CCC(C)(C#Cc1ccc2c(c1)-c1nc(C(N)=O)cn1CCO2)c1n[nH]c(C)n1.NC(=O)c1cn2c(n1)-c1cc(Br)ccc1OCC2. The van der Waals surface area contributed by atoms with Crippen LogP contribution in [0, 0.1) is 36.5 Å². The topological polar surface area (TPSA) is 207 Å². The van der Waals surface area contributed by atoms with E-state index in [0.717, 1.165) is 63.4 Å². The van der Waals surface area contributed by atoms with Crippen LogP contribution >= 0.6 is 15.9 Å². The van der Waals surface area contributed by atoms with E-state index >= 15 is 0 Å². The minimum absolute atomic E-state index is 0.193. The molecule has 5 N–H and O–H groups in total. The van der Waals surface area contributed by atoms with E-state index < -0.39 is 17.2 Å². The molecule has 0 radical (unpaired) electrons. The summed E-state index contributed by atoms with van der Waals surface area (Å²) in [7, 11) is 0. The molecule has 5 aromatic rings. The van der Waals surface area contributed by atoms with E-state index in [-0.39, 0.29) is 16.8 Å². The largest absolute Gasteiger partial charge is 0.491 e. The first-order valence-corrected chi connectivity index (χ1v) is 19.9. The minimum Gasteiger partial charge on any atom is -0.491 e. The zero-order valence-corrected chi connectivity index (χ0v) is 35.5. The molecule has 15 nitrogen and oxygen atoms in total. The Kier molecular flexibility index (Phi) is 12.5. The number of rotatable bonds is 6. The number of H-pyrrole nitrogens is 1. The lowest BCUT2D eigenvalue weighted by Gasteiger charge is -2.20. The molecule has 16 heteroatoms. The molecule has 3 aromatic heterocycles. The Hall–Kier alpha value is -6.52. The average Bonchev–Trinajstić information content (AvgIpc) is 4.03. The quantitative estimate of drug-likeness (QED) is 0.166. The van der Waals surface area contributed by atoms with Gasteiger partial charge < -0.3 is 30.1 Å². The van der Waals surface area contributed by atoms with E-state index in [9.17, 15) is 9.59 Å². The van der Waals surface area contributed by atoms with Crippen LogP contribution in [0.5, 0.6) is 11.5 Å². The molecule has 0 fully saturated rings. The lowest BCUT2D eigenvalue weighted by atomic mass is 9.81. The maximum atomic E-state index is 11.5. The van der Waals surface area contributed by atoms with E-state index in [1.807, 2.05) is 73.2 Å². The molecule has 2 atom stereocenters. The van der Waals surface area contributed by atoms with Crippen LogP contribution in [0.4, 0.5) is 0 Å². The van der Waals surface area contributed by atoms with Crippen LogP contribution in [0.25, 0.3) is 22.8 Å². The van der Waals surface area contributed by atoms with Crippen molar-refractivity contribution in [3.63, 3.8) is 0 Å². The molecule has 2 aromatic carbocycles. The summed E-state index contributed by atoms with van der Waals surface area (Å²) in [5.74, 6) is 12.6. The molecule has 2 unspecified atom stereocenters. The number of halogens is 1. The molecule has 3 aliphatic heterocycles. The summed E-state index contributed by atoms with van der Waals surface area (Å²) in [6.07, 6.45) is 11.3. The number of nitrogens with two attached hydrogens (primary N) is 2. The van der Waals surface area contributed by atoms with Gasteiger partial charge in [0.25, 0.3) is 11.8 Å². The van der Waals surface area contributed by atoms with Crippen molar-refractivity contribution in [2.45, 2.75) is 79.3 Å². The van der Waals surface area contributed by atoms with Gasteiger partial charge in [-0.1, -0.05) is 47.5 Å². The van der Waals surface area contributed by atoms with Crippen molar-refractivity contribution < 1.29 is 19.1 Å². The third-order valence-electron chi connectivity index (χ3n) is 10.3. The number of carbonyl (C=O) groups is 2. The van der Waals surface area contributed by atoms with Gasteiger partial charge in [-0.2, -0.15) is 15.3 Å². The van der Waals surface area contributed by atoms with Crippen LogP contribution in [-0.4, -0.2) is 70.7 Å². The monoisotopic (exact) mass is 859 g/mol. The van der Waals surface area contributed by atoms with Crippen molar-refractivity contribution in [2.24, 2.45) is 27.1 Å². The fraction of sp³-hybridized carbons (Fsp3) is 0.349. The summed E-state index contributed by atoms with van der Waals surface area (Å²) in [6, 6.07) is 11.4. The predicted octanol–water partition coefficient (Wildman–Crippen LogP) is 6.25. The van der Waals surface area contributed by atoms with Gasteiger partial charge in [-0.05, 0) is 76.9 Å². The molecule has 8 rings (SSSR count). The molecule has 0 bridgehead atoms. The third kappa shape index (κ3) is 9.29. The van der Waals surface area contributed by atoms with Crippen molar-refractivity contribution in [3.05, 3.63) is 81.9 Å². The number of aromatic amines is 1. The van der Waals surface area contributed by atoms with Crippen LogP contribution in [0.1, 0.15) is 92.1 Å². The highest BCUT2D eigenvalue weighted by molar-refractivity contribution is 9.10. The first kappa shape index (κ1) is 42.1. The van der Waals surface area contributed by atoms with Gasteiger partial charge in [0.05, 0.1) is 40.8 Å². The van der Waals surface area contributed by atoms with E-state index in [2.05, 4.69) is 82.9 Å². The predicted molar refractivity (Wildman–Crippen MR) is 229 cm³/mol. The van der Waals surface area contributed by atoms with E-state index in [1.165, 1.54) is 0 Å². The van der Waals surface area contributed by atoms with Gasteiger partial charge in [0.15, 0.2) is 5.82 Å². The molecule has 59 heavy (non-hydrogen) atoms. The van der Waals surface area contributed by atoms with E-state index in [4.69, 9.17) is 27.4 Å². The molecule has 6 heterocycles. The van der Waals surface area contributed by atoms with E-state index in [0.29, 0.717) is 49.5 Å². The Bertz CT molecular complexity index is 2580. The zero-order chi connectivity index (χ0) is 42.5.